The number of hydrogen-bond donors (Lipinski definition) is 0. The molecular weight excluding hydrogens is 449 g/mol. The average Bonchev–Trinajstić information content (AvgIpc) is 3.28. The van der Waals surface area contributed by atoms with Crippen LogP contribution >= 0.6 is 11.8 Å². The Bertz CT molecular complexity index is 1320. The number of aromatic nitrogens is 3. The van der Waals surface area contributed by atoms with Crippen LogP contribution in [0.25, 0.3) is 17.1 Å². The lowest BCUT2D eigenvalue weighted by molar-refractivity contribution is -0.116. The Labute approximate surface area is 201 Å². The van der Waals surface area contributed by atoms with Gasteiger partial charge >= 0.3 is 0 Å². The van der Waals surface area contributed by atoms with Crippen LogP contribution in [-0.2, 0) is 4.79 Å². The number of benzene rings is 3. The zero-order valence-electron chi connectivity index (χ0n) is 18.6. The molecule has 0 aliphatic rings. The summed E-state index contributed by atoms with van der Waals surface area (Å²) in [7, 11) is 0. The quantitative estimate of drug-likeness (QED) is 0.321. The van der Waals surface area contributed by atoms with E-state index in [1.165, 1.54) is 17.8 Å². The second-order valence-electron chi connectivity index (χ2n) is 7.53. The summed E-state index contributed by atoms with van der Waals surface area (Å²) < 4.78 is 16.4. The summed E-state index contributed by atoms with van der Waals surface area (Å²) in [5.41, 5.74) is 2.92. The molecule has 0 aliphatic carbocycles. The Morgan fingerprint density at radius 3 is 2.44 bits per heavy atom. The molecule has 1 aromatic heterocycles. The molecule has 34 heavy (non-hydrogen) atoms. The first-order chi connectivity index (χ1) is 16.6. The van der Waals surface area contributed by atoms with E-state index in [0.29, 0.717) is 23.1 Å². The molecule has 1 amide bonds. The molecule has 0 fully saturated rings. The maximum absolute atomic E-state index is 14.6. The zero-order valence-corrected chi connectivity index (χ0v) is 19.4. The number of rotatable bonds is 8. The zero-order chi connectivity index (χ0) is 23.9. The fourth-order valence-corrected chi connectivity index (χ4v) is 4.31. The SMILES string of the molecule is Cc1ccc(-n2c(SCC(=O)N(CCC#N)c3ccccc3)nnc2-c2ccccc2F)cc1. The van der Waals surface area contributed by atoms with Crippen molar-refractivity contribution in [2.24, 2.45) is 0 Å². The molecule has 8 heteroatoms. The summed E-state index contributed by atoms with van der Waals surface area (Å²) in [5.74, 6) is -0.108. The van der Waals surface area contributed by atoms with Crippen molar-refractivity contribution in [1.82, 2.24) is 14.8 Å². The minimum absolute atomic E-state index is 0.0849. The van der Waals surface area contributed by atoms with Gasteiger partial charge < -0.3 is 4.90 Å². The lowest BCUT2D eigenvalue weighted by Gasteiger charge is -2.21. The van der Waals surface area contributed by atoms with Crippen molar-refractivity contribution >= 4 is 23.4 Å². The minimum atomic E-state index is -0.400. The fourth-order valence-electron chi connectivity index (χ4n) is 3.48. The second-order valence-corrected chi connectivity index (χ2v) is 8.48. The molecule has 170 valence electrons. The number of carbonyl (C=O) groups is 1. The number of aryl methyl sites for hydroxylation is 1. The number of amides is 1. The van der Waals surface area contributed by atoms with Crippen LogP contribution in [-0.4, -0.2) is 33.0 Å². The first-order valence-corrected chi connectivity index (χ1v) is 11.7. The summed E-state index contributed by atoms with van der Waals surface area (Å²) >= 11 is 1.22. The predicted molar refractivity (Wildman–Crippen MR) is 131 cm³/mol. The summed E-state index contributed by atoms with van der Waals surface area (Å²) in [6.45, 7) is 2.28. The van der Waals surface area contributed by atoms with Crippen LogP contribution in [0, 0.1) is 24.1 Å². The first kappa shape index (κ1) is 23.2. The van der Waals surface area contributed by atoms with E-state index in [0.717, 1.165) is 16.9 Å². The molecule has 1 heterocycles. The molecule has 0 atom stereocenters. The number of anilines is 1. The van der Waals surface area contributed by atoms with Crippen molar-refractivity contribution in [3.63, 3.8) is 0 Å². The molecule has 0 unspecified atom stereocenters. The van der Waals surface area contributed by atoms with Crippen molar-refractivity contribution in [1.29, 1.82) is 5.26 Å². The molecule has 0 spiro atoms. The number of halogens is 1. The Hall–Kier alpha value is -3.96. The summed E-state index contributed by atoms with van der Waals surface area (Å²) in [6, 6.07) is 25.5. The third-order valence-electron chi connectivity index (χ3n) is 5.18. The molecule has 0 radical (unpaired) electrons. The smallest absolute Gasteiger partial charge is 0.237 e. The summed E-state index contributed by atoms with van der Waals surface area (Å²) in [4.78, 5) is 14.7. The van der Waals surface area contributed by atoms with Crippen molar-refractivity contribution in [3.05, 3.63) is 90.2 Å². The van der Waals surface area contributed by atoms with Gasteiger partial charge in [-0.05, 0) is 43.3 Å². The van der Waals surface area contributed by atoms with Gasteiger partial charge in [-0.1, -0.05) is 59.8 Å². The van der Waals surface area contributed by atoms with E-state index in [-0.39, 0.29) is 18.1 Å². The summed E-state index contributed by atoms with van der Waals surface area (Å²) in [5, 5.41) is 18.0. The van der Waals surface area contributed by atoms with Gasteiger partial charge in [-0.25, -0.2) is 4.39 Å². The Kier molecular flexibility index (Phi) is 7.35. The molecule has 0 N–H and O–H groups in total. The highest BCUT2D eigenvalue weighted by atomic mass is 32.2. The molecule has 0 bridgehead atoms. The van der Waals surface area contributed by atoms with Crippen LogP contribution in [0.15, 0.2) is 84.0 Å². The molecular formula is C26H22FN5OS. The van der Waals surface area contributed by atoms with Gasteiger partial charge in [-0.15, -0.1) is 10.2 Å². The molecule has 0 aliphatic heterocycles. The van der Waals surface area contributed by atoms with Crippen LogP contribution in [0.2, 0.25) is 0 Å². The van der Waals surface area contributed by atoms with E-state index in [1.54, 1.807) is 27.7 Å². The van der Waals surface area contributed by atoms with Crippen molar-refractivity contribution in [2.45, 2.75) is 18.5 Å². The number of hydrogen-bond acceptors (Lipinski definition) is 5. The van der Waals surface area contributed by atoms with E-state index in [9.17, 15) is 9.18 Å². The third-order valence-corrected chi connectivity index (χ3v) is 6.09. The van der Waals surface area contributed by atoms with Gasteiger partial charge in [0.25, 0.3) is 0 Å². The molecule has 4 rings (SSSR count). The van der Waals surface area contributed by atoms with E-state index < -0.39 is 5.82 Å². The normalized spacial score (nSPS) is 10.6. The number of para-hydroxylation sites is 1. The van der Waals surface area contributed by atoms with Crippen LogP contribution in [0.3, 0.4) is 0 Å². The van der Waals surface area contributed by atoms with Gasteiger partial charge in [0, 0.05) is 17.9 Å². The van der Waals surface area contributed by atoms with Gasteiger partial charge in [0.2, 0.25) is 5.91 Å². The molecule has 0 saturated heterocycles. The van der Waals surface area contributed by atoms with Crippen LogP contribution < -0.4 is 4.90 Å². The van der Waals surface area contributed by atoms with Gasteiger partial charge in [0.05, 0.1) is 23.8 Å². The Balaban J connectivity index is 1.65. The highest BCUT2D eigenvalue weighted by Crippen LogP contribution is 2.30. The molecule has 4 aromatic rings. The topological polar surface area (TPSA) is 74.8 Å². The van der Waals surface area contributed by atoms with Gasteiger partial charge in [0.1, 0.15) is 5.82 Å². The minimum Gasteiger partial charge on any atom is -0.311 e. The second kappa shape index (κ2) is 10.8. The third kappa shape index (κ3) is 5.16. The Morgan fingerprint density at radius 1 is 1.03 bits per heavy atom. The number of thioether (sulfide) groups is 1. The van der Waals surface area contributed by atoms with Gasteiger partial charge in [-0.3, -0.25) is 9.36 Å². The highest BCUT2D eigenvalue weighted by Gasteiger charge is 2.21. The van der Waals surface area contributed by atoms with Crippen LogP contribution in [0.1, 0.15) is 12.0 Å². The highest BCUT2D eigenvalue weighted by molar-refractivity contribution is 7.99. The molecule has 3 aromatic carbocycles. The van der Waals surface area contributed by atoms with Crippen molar-refractivity contribution < 1.29 is 9.18 Å². The lowest BCUT2D eigenvalue weighted by Crippen LogP contribution is -2.33. The Morgan fingerprint density at radius 2 is 1.74 bits per heavy atom. The van der Waals surface area contributed by atoms with Crippen molar-refractivity contribution in [3.8, 4) is 23.1 Å². The van der Waals surface area contributed by atoms with E-state index in [4.69, 9.17) is 5.26 Å². The number of nitriles is 1. The number of nitrogens with zero attached hydrogens (tertiary/aromatic N) is 5. The van der Waals surface area contributed by atoms with E-state index in [1.807, 2.05) is 61.5 Å². The maximum atomic E-state index is 14.6. The van der Waals surface area contributed by atoms with Crippen molar-refractivity contribution in [2.75, 3.05) is 17.2 Å². The fraction of sp³-hybridized carbons (Fsp3) is 0.154. The maximum Gasteiger partial charge on any atom is 0.237 e. The average molecular weight is 472 g/mol. The van der Waals surface area contributed by atoms with E-state index >= 15 is 0 Å². The largest absolute Gasteiger partial charge is 0.311 e. The standard InChI is InChI=1S/C26H22FN5OS/c1-19-12-14-21(15-13-19)32-25(22-10-5-6-11-23(22)27)29-30-26(32)34-18-24(33)31(17-7-16-28)20-8-3-2-4-9-20/h2-6,8-15H,7,17-18H2,1H3. The monoisotopic (exact) mass is 471 g/mol. The first-order valence-electron chi connectivity index (χ1n) is 10.7. The summed E-state index contributed by atoms with van der Waals surface area (Å²) in [6.07, 6.45) is 0.224. The molecule has 6 nitrogen and oxygen atoms in total. The van der Waals surface area contributed by atoms with E-state index in [2.05, 4.69) is 16.3 Å². The lowest BCUT2D eigenvalue weighted by atomic mass is 10.2. The van der Waals surface area contributed by atoms with Crippen LogP contribution in [0.5, 0.6) is 0 Å². The molecule has 0 saturated carbocycles. The number of carbonyl (C=O) groups excluding carboxylic acids is 1. The van der Waals surface area contributed by atoms with Crippen LogP contribution in [0.4, 0.5) is 10.1 Å². The predicted octanol–water partition coefficient (Wildman–Crippen LogP) is 5.42. The van der Waals surface area contributed by atoms with Gasteiger partial charge in [0.15, 0.2) is 11.0 Å². The van der Waals surface area contributed by atoms with Gasteiger partial charge in [-0.2, -0.15) is 5.26 Å².